The summed E-state index contributed by atoms with van der Waals surface area (Å²) in [5, 5.41) is 7.04. The Hall–Kier alpha value is -5.48. The topological polar surface area (TPSA) is 58.2 Å². The van der Waals surface area contributed by atoms with Crippen LogP contribution < -0.4 is 10.6 Å². The number of Topliss-reactive ketones (excluding diaryl/α,β-unsaturated/α-hetero) is 2. The van der Waals surface area contributed by atoms with Gasteiger partial charge in [0.05, 0.1) is 22.5 Å². The molecule has 4 heteroatoms. The Morgan fingerprint density at radius 3 is 1.05 bits per heavy atom. The summed E-state index contributed by atoms with van der Waals surface area (Å²) in [4.78, 5) is 26.8. The van der Waals surface area contributed by atoms with Gasteiger partial charge in [-0.1, -0.05) is 109 Å². The summed E-state index contributed by atoms with van der Waals surface area (Å²) in [6.07, 6.45) is 0. The molecule has 5 aromatic carbocycles. The van der Waals surface area contributed by atoms with Crippen LogP contribution in [0, 0.1) is 0 Å². The molecule has 7 rings (SSSR count). The van der Waals surface area contributed by atoms with Gasteiger partial charge in [-0.3, -0.25) is 9.59 Å². The molecule has 0 aliphatic heterocycles. The number of rotatable bonds is 6. The zero-order valence-electron chi connectivity index (χ0n) is 21.5. The van der Waals surface area contributed by atoms with E-state index in [0.29, 0.717) is 22.3 Å². The van der Waals surface area contributed by atoms with E-state index in [1.54, 1.807) is 0 Å². The van der Waals surface area contributed by atoms with E-state index in [9.17, 15) is 9.59 Å². The monoisotopic (exact) mass is 516 g/mol. The van der Waals surface area contributed by atoms with Gasteiger partial charge in [0.15, 0.2) is 11.6 Å². The minimum atomic E-state index is 0.0209. The molecule has 190 valence electrons. The predicted molar refractivity (Wildman–Crippen MR) is 162 cm³/mol. The van der Waals surface area contributed by atoms with Crippen LogP contribution >= 0.6 is 0 Å². The number of nitrogens with one attached hydrogen (secondary N) is 2. The van der Waals surface area contributed by atoms with Crippen molar-refractivity contribution < 1.29 is 9.59 Å². The lowest BCUT2D eigenvalue weighted by molar-refractivity contribution is 0.105. The van der Waals surface area contributed by atoms with Crippen molar-refractivity contribution in [2.24, 2.45) is 0 Å². The summed E-state index contributed by atoms with van der Waals surface area (Å²) in [5.41, 5.74) is 9.62. The molecule has 2 N–H and O–H groups in total. The molecule has 0 radical (unpaired) electrons. The summed E-state index contributed by atoms with van der Waals surface area (Å²) < 4.78 is 0. The van der Waals surface area contributed by atoms with E-state index in [-0.39, 0.29) is 11.6 Å². The maximum atomic E-state index is 13.4. The second-order valence-corrected chi connectivity index (χ2v) is 9.81. The molecule has 0 atom stereocenters. The maximum Gasteiger partial charge on any atom is 0.196 e. The van der Waals surface area contributed by atoms with Crippen LogP contribution in [0.25, 0.3) is 22.5 Å². The first-order valence-electron chi connectivity index (χ1n) is 13.2. The van der Waals surface area contributed by atoms with Crippen LogP contribution in [-0.2, 0) is 0 Å². The molecule has 0 bridgehead atoms. The number of anilines is 2. The van der Waals surface area contributed by atoms with Gasteiger partial charge >= 0.3 is 0 Å². The fourth-order valence-electron chi connectivity index (χ4n) is 5.51. The van der Waals surface area contributed by atoms with Gasteiger partial charge < -0.3 is 10.6 Å². The average molecular weight is 517 g/mol. The molecular weight excluding hydrogens is 492 g/mol. The zero-order chi connectivity index (χ0) is 27.1. The fraction of sp³-hybridized carbons (Fsp3) is 0. The first-order valence-corrected chi connectivity index (χ1v) is 13.2. The molecule has 0 spiro atoms. The van der Waals surface area contributed by atoms with Gasteiger partial charge in [-0.05, 0) is 35.4 Å². The minimum Gasteiger partial charge on any atom is -0.354 e. The van der Waals surface area contributed by atoms with Gasteiger partial charge in [0.2, 0.25) is 0 Å². The Balaban J connectivity index is 1.23. The van der Waals surface area contributed by atoms with Gasteiger partial charge in [0, 0.05) is 33.6 Å². The van der Waals surface area contributed by atoms with Crippen molar-refractivity contribution in [2.75, 3.05) is 10.6 Å². The lowest BCUT2D eigenvalue weighted by Gasteiger charge is -2.14. The number of benzene rings is 5. The van der Waals surface area contributed by atoms with Crippen molar-refractivity contribution in [1.29, 1.82) is 0 Å². The first-order chi connectivity index (χ1) is 19.7. The standard InChI is InChI=1S/C36H24N2O2/c39-35-29-17-9-7-15-27(29)33(31(35)23-11-3-1-4-12-23)37-25-19-21-26(22-20-25)38-34-28-16-8-10-18-30(28)36(40)32(34)24-13-5-2-6-14-24/h1-22,37-38H. The summed E-state index contributed by atoms with van der Waals surface area (Å²) >= 11 is 0. The molecule has 2 aliphatic carbocycles. The zero-order valence-corrected chi connectivity index (χ0v) is 21.5. The van der Waals surface area contributed by atoms with Gasteiger partial charge in [0.25, 0.3) is 0 Å². The van der Waals surface area contributed by atoms with E-state index >= 15 is 0 Å². The minimum absolute atomic E-state index is 0.0209. The molecule has 0 fully saturated rings. The molecule has 40 heavy (non-hydrogen) atoms. The van der Waals surface area contributed by atoms with E-state index in [0.717, 1.165) is 45.0 Å². The van der Waals surface area contributed by atoms with Crippen molar-refractivity contribution in [3.05, 3.63) is 167 Å². The van der Waals surface area contributed by atoms with Crippen molar-refractivity contribution in [3.8, 4) is 0 Å². The van der Waals surface area contributed by atoms with Crippen LogP contribution in [-0.4, -0.2) is 11.6 Å². The van der Waals surface area contributed by atoms with E-state index in [1.807, 2.05) is 133 Å². The van der Waals surface area contributed by atoms with Crippen molar-refractivity contribution >= 4 is 45.5 Å². The Kier molecular flexibility index (Phi) is 5.72. The lowest BCUT2D eigenvalue weighted by Crippen LogP contribution is -2.02. The number of hydrogen-bond acceptors (Lipinski definition) is 4. The highest BCUT2D eigenvalue weighted by Gasteiger charge is 2.31. The number of hydrogen-bond donors (Lipinski definition) is 2. The van der Waals surface area contributed by atoms with Crippen LogP contribution in [0.3, 0.4) is 0 Å². The molecule has 0 amide bonds. The Labute approximate surface area is 232 Å². The molecule has 0 aromatic heterocycles. The van der Waals surface area contributed by atoms with Gasteiger partial charge in [-0.15, -0.1) is 0 Å². The van der Waals surface area contributed by atoms with Crippen LogP contribution in [0.1, 0.15) is 43.0 Å². The smallest absolute Gasteiger partial charge is 0.196 e. The molecule has 0 heterocycles. The van der Waals surface area contributed by atoms with E-state index in [2.05, 4.69) is 10.6 Å². The molecule has 2 aliphatic rings. The molecule has 5 aromatic rings. The van der Waals surface area contributed by atoms with Crippen LogP contribution in [0.2, 0.25) is 0 Å². The van der Waals surface area contributed by atoms with Crippen molar-refractivity contribution in [1.82, 2.24) is 0 Å². The summed E-state index contributed by atoms with van der Waals surface area (Å²) in [7, 11) is 0. The number of fused-ring (bicyclic) bond motifs is 2. The lowest BCUT2D eigenvalue weighted by atomic mass is 10.0. The quantitative estimate of drug-likeness (QED) is 0.240. The summed E-state index contributed by atoms with van der Waals surface area (Å²) in [6.45, 7) is 0. The van der Waals surface area contributed by atoms with Gasteiger partial charge in [0.1, 0.15) is 0 Å². The number of carbonyl (C=O) groups is 2. The second-order valence-electron chi connectivity index (χ2n) is 9.81. The van der Waals surface area contributed by atoms with Crippen molar-refractivity contribution in [2.45, 2.75) is 0 Å². The number of allylic oxidation sites excluding steroid dienone is 2. The first kappa shape index (κ1) is 23.6. The Morgan fingerprint density at radius 2 is 0.675 bits per heavy atom. The predicted octanol–water partition coefficient (Wildman–Crippen LogP) is 8.04. The largest absolute Gasteiger partial charge is 0.354 e. The highest BCUT2D eigenvalue weighted by Crippen LogP contribution is 2.40. The highest BCUT2D eigenvalue weighted by molar-refractivity contribution is 6.41. The Bertz CT molecular complexity index is 1710. The summed E-state index contributed by atoms with van der Waals surface area (Å²) in [5.74, 6) is 0.0417. The van der Waals surface area contributed by atoms with Gasteiger partial charge in [-0.25, -0.2) is 0 Å². The van der Waals surface area contributed by atoms with E-state index < -0.39 is 0 Å². The third-order valence-electron chi connectivity index (χ3n) is 7.38. The highest BCUT2D eigenvalue weighted by atomic mass is 16.1. The SMILES string of the molecule is O=C1C(c2ccccc2)=C(Nc2ccc(NC3=C(c4ccccc4)C(=O)c4ccccc43)cc2)c2ccccc21. The third kappa shape index (κ3) is 3.94. The summed E-state index contributed by atoms with van der Waals surface area (Å²) in [6, 6.07) is 42.9. The molecule has 0 saturated heterocycles. The molecular formula is C36H24N2O2. The fourth-order valence-corrected chi connectivity index (χ4v) is 5.51. The Morgan fingerprint density at radius 1 is 0.350 bits per heavy atom. The third-order valence-corrected chi connectivity index (χ3v) is 7.38. The van der Waals surface area contributed by atoms with E-state index in [4.69, 9.17) is 0 Å². The molecule has 0 unspecified atom stereocenters. The van der Waals surface area contributed by atoms with Crippen LogP contribution in [0.5, 0.6) is 0 Å². The average Bonchev–Trinajstić information content (AvgIpc) is 3.45. The number of carbonyl (C=O) groups excluding carboxylic acids is 2. The van der Waals surface area contributed by atoms with Gasteiger partial charge in [-0.2, -0.15) is 0 Å². The van der Waals surface area contributed by atoms with Crippen LogP contribution in [0.15, 0.2) is 133 Å². The molecule has 4 nitrogen and oxygen atoms in total. The maximum absolute atomic E-state index is 13.4. The number of ketones is 2. The van der Waals surface area contributed by atoms with Crippen molar-refractivity contribution in [3.63, 3.8) is 0 Å². The second kappa shape index (κ2) is 9.68. The van der Waals surface area contributed by atoms with E-state index in [1.165, 1.54) is 0 Å². The molecule has 0 saturated carbocycles. The van der Waals surface area contributed by atoms with Crippen LogP contribution in [0.4, 0.5) is 11.4 Å². The normalized spacial score (nSPS) is 13.9.